The molecule has 0 aromatic heterocycles. The van der Waals surface area contributed by atoms with E-state index in [9.17, 15) is 0 Å². The molecule has 0 saturated carbocycles. The van der Waals surface area contributed by atoms with Crippen LogP contribution in [-0.4, -0.2) is 10.9 Å². The quantitative estimate of drug-likeness (QED) is 0.363. The molecule has 0 bridgehead atoms. The van der Waals surface area contributed by atoms with Crippen molar-refractivity contribution >= 4 is 21.6 Å². The van der Waals surface area contributed by atoms with E-state index in [4.69, 9.17) is 5.21 Å². The van der Waals surface area contributed by atoms with Crippen molar-refractivity contribution < 1.29 is 5.21 Å². The zero-order chi connectivity index (χ0) is 13.4. The van der Waals surface area contributed by atoms with Gasteiger partial charge in [-0.25, -0.2) is 0 Å². The molecule has 1 N–H and O–H groups in total. The Hall–Kier alpha value is -1.61. The Kier molecular flexibility index (Phi) is 6.15. The molecule has 0 atom stereocenters. The van der Waals surface area contributed by atoms with E-state index in [2.05, 4.69) is 27.7 Å². The number of allylic oxidation sites excluding steroid dienone is 5. The summed E-state index contributed by atoms with van der Waals surface area (Å²) in [5.41, 5.74) is 2.39. The Labute approximate surface area is 116 Å². The third-order valence-electron chi connectivity index (χ3n) is 2.33. The fourth-order valence-electron chi connectivity index (χ4n) is 1.41. The molecule has 3 heteroatoms. The Morgan fingerprint density at radius 2 is 2.00 bits per heavy atom. The Morgan fingerprint density at radius 3 is 2.56 bits per heavy atom. The molecule has 18 heavy (non-hydrogen) atoms. The van der Waals surface area contributed by atoms with Crippen LogP contribution >= 0.6 is 15.9 Å². The first-order valence-electron chi connectivity index (χ1n) is 5.61. The van der Waals surface area contributed by atoms with Crippen LogP contribution in [0.15, 0.2) is 70.4 Å². The Balaban J connectivity index is 2.74. The van der Waals surface area contributed by atoms with Gasteiger partial charge in [0.2, 0.25) is 0 Å². The highest BCUT2D eigenvalue weighted by molar-refractivity contribution is 9.10. The minimum Gasteiger partial charge on any atom is -0.411 e. The van der Waals surface area contributed by atoms with E-state index >= 15 is 0 Å². The van der Waals surface area contributed by atoms with Crippen molar-refractivity contribution in [2.45, 2.75) is 13.3 Å². The van der Waals surface area contributed by atoms with E-state index in [1.54, 1.807) is 0 Å². The summed E-state index contributed by atoms with van der Waals surface area (Å²) in [4.78, 5) is 0. The summed E-state index contributed by atoms with van der Waals surface area (Å²) in [6.07, 6.45) is 8.22. The molecule has 0 aliphatic heterocycles. The average molecular weight is 306 g/mol. The maximum atomic E-state index is 9.07. The molecule has 2 nitrogen and oxygen atoms in total. The third kappa shape index (κ3) is 4.72. The largest absolute Gasteiger partial charge is 0.411 e. The van der Waals surface area contributed by atoms with Crippen LogP contribution in [-0.2, 0) is 0 Å². The molecule has 1 aromatic rings. The zero-order valence-electron chi connectivity index (χ0n) is 10.3. The van der Waals surface area contributed by atoms with Crippen LogP contribution in [0.25, 0.3) is 0 Å². The van der Waals surface area contributed by atoms with E-state index in [0.717, 1.165) is 15.6 Å². The minimum absolute atomic E-state index is 0.520. The summed E-state index contributed by atoms with van der Waals surface area (Å²) in [7, 11) is 0. The van der Waals surface area contributed by atoms with Crippen LogP contribution in [0.2, 0.25) is 0 Å². The van der Waals surface area contributed by atoms with Crippen LogP contribution in [0.1, 0.15) is 18.9 Å². The van der Waals surface area contributed by atoms with Gasteiger partial charge in [0.1, 0.15) is 0 Å². The zero-order valence-corrected chi connectivity index (χ0v) is 11.9. The normalized spacial score (nSPS) is 12.4. The van der Waals surface area contributed by atoms with Crippen molar-refractivity contribution in [3.63, 3.8) is 0 Å². The van der Waals surface area contributed by atoms with Gasteiger partial charge in [0.05, 0.1) is 5.71 Å². The van der Waals surface area contributed by atoms with Gasteiger partial charge in [0.25, 0.3) is 0 Å². The highest BCUT2D eigenvalue weighted by Crippen LogP contribution is 2.14. The van der Waals surface area contributed by atoms with Crippen LogP contribution in [0.5, 0.6) is 0 Å². The Bertz CT molecular complexity index is 484. The summed E-state index contributed by atoms with van der Waals surface area (Å²) in [5.74, 6) is 0. The van der Waals surface area contributed by atoms with Crippen molar-refractivity contribution in [1.29, 1.82) is 0 Å². The number of nitrogens with zero attached hydrogens (tertiary/aromatic N) is 1. The van der Waals surface area contributed by atoms with Gasteiger partial charge in [-0.15, -0.1) is 0 Å². The van der Waals surface area contributed by atoms with Crippen molar-refractivity contribution in [3.8, 4) is 0 Å². The molecule has 0 spiro atoms. The molecule has 1 aromatic carbocycles. The van der Waals surface area contributed by atoms with Gasteiger partial charge >= 0.3 is 0 Å². The second-order valence-electron chi connectivity index (χ2n) is 3.77. The summed E-state index contributed by atoms with van der Waals surface area (Å²) in [6.45, 7) is 5.89. The topological polar surface area (TPSA) is 32.6 Å². The smallest absolute Gasteiger partial charge is 0.0911 e. The van der Waals surface area contributed by atoms with E-state index in [-0.39, 0.29) is 0 Å². The molecule has 0 radical (unpaired) electrons. The van der Waals surface area contributed by atoms with Gasteiger partial charge < -0.3 is 5.21 Å². The first-order valence-corrected chi connectivity index (χ1v) is 6.40. The molecule has 0 fully saturated rings. The number of hydrogen-bond donors (Lipinski definition) is 1. The molecule has 0 unspecified atom stereocenters. The van der Waals surface area contributed by atoms with E-state index in [1.807, 2.05) is 55.5 Å². The van der Waals surface area contributed by atoms with Crippen molar-refractivity contribution in [3.05, 3.63) is 70.8 Å². The number of rotatable bonds is 5. The first-order chi connectivity index (χ1) is 8.67. The van der Waals surface area contributed by atoms with Crippen LogP contribution in [0.4, 0.5) is 0 Å². The van der Waals surface area contributed by atoms with Crippen molar-refractivity contribution in [1.82, 2.24) is 0 Å². The van der Waals surface area contributed by atoms with Gasteiger partial charge in [-0.3, -0.25) is 0 Å². The number of benzene rings is 1. The van der Waals surface area contributed by atoms with E-state index in [0.29, 0.717) is 12.1 Å². The standard InChI is InChI=1S/C15H16BrNO/c1-3-4-5-6-12(2)11-15(17-18)13-7-9-14(16)10-8-13/h3-10,18H,2,11H2,1H3/b4-3-,6-5-,17-15+. The molecule has 0 aliphatic rings. The molecule has 0 heterocycles. The second kappa shape index (κ2) is 7.67. The minimum atomic E-state index is 0.520. The third-order valence-corrected chi connectivity index (χ3v) is 2.86. The van der Waals surface area contributed by atoms with Gasteiger partial charge in [-0.1, -0.05) is 64.1 Å². The van der Waals surface area contributed by atoms with E-state index < -0.39 is 0 Å². The lowest BCUT2D eigenvalue weighted by Gasteiger charge is -2.04. The van der Waals surface area contributed by atoms with Crippen molar-refractivity contribution in [2.24, 2.45) is 5.16 Å². The van der Waals surface area contributed by atoms with Gasteiger partial charge in [-0.05, 0) is 30.2 Å². The summed E-state index contributed by atoms with van der Waals surface area (Å²) < 4.78 is 0.996. The Morgan fingerprint density at radius 1 is 1.33 bits per heavy atom. The molecule has 94 valence electrons. The highest BCUT2D eigenvalue weighted by atomic mass is 79.9. The number of halogens is 1. The molecule has 0 amide bonds. The SMILES string of the molecule is C=C(/C=C\C=C/C)C/C(=N\O)c1ccc(Br)cc1. The van der Waals surface area contributed by atoms with Crippen molar-refractivity contribution in [2.75, 3.05) is 0 Å². The summed E-state index contributed by atoms with van der Waals surface area (Å²) in [6, 6.07) is 7.64. The monoisotopic (exact) mass is 305 g/mol. The predicted octanol–water partition coefficient (Wildman–Crippen LogP) is 4.71. The van der Waals surface area contributed by atoms with Crippen LogP contribution in [0, 0.1) is 0 Å². The number of oxime groups is 1. The first kappa shape index (κ1) is 14.5. The fraction of sp³-hybridized carbons (Fsp3) is 0.133. The van der Waals surface area contributed by atoms with Gasteiger partial charge in [-0.2, -0.15) is 0 Å². The van der Waals surface area contributed by atoms with Gasteiger partial charge in [0.15, 0.2) is 0 Å². The van der Waals surface area contributed by atoms with Crippen LogP contribution in [0.3, 0.4) is 0 Å². The lowest BCUT2D eigenvalue weighted by molar-refractivity contribution is 0.318. The molecule has 1 rings (SSSR count). The molecular weight excluding hydrogens is 290 g/mol. The van der Waals surface area contributed by atoms with E-state index in [1.165, 1.54) is 0 Å². The lowest BCUT2D eigenvalue weighted by Crippen LogP contribution is -2.01. The predicted molar refractivity (Wildman–Crippen MR) is 80.2 cm³/mol. The highest BCUT2D eigenvalue weighted by Gasteiger charge is 2.05. The fourth-order valence-corrected chi connectivity index (χ4v) is 1.68. The molecule has 0 aliphatic carbocycles. The van der Waals surface area contributed by atoms with Crippen LogP contribution < -0.4 is 0 Å². The lowest BCUT2D eigenvalue weighted by atomic mass is 10.0. The number of hydrogen-bond acceptors (Lipinski definition) is 2. The average Bonchev–Trinajstić information content (AvgIpc) is 2.37. The summed E-state index contributed by atoms with van der Waals surface area (Å²) in [5, 5.41) is 12.4. The maximum absolute atomic E-state index is 9.07. The summed E-state index contributed by atoms with van der Waals surface area (Å²) >= 11 is 3.37. The molecular formula is C15H16BrNO. The maximum Gasteiger partial charge on any atom is 0.0911 e. The molecule has 0 saturated heterocycles. The second-order valence-corrected chi connectivity index (χ2v) is 4.69. The van der Waals surface area contributed by atoms with Gasteiger partial charge in [0, 0.05) is 10.9 Å².